The highest BCUT2D eigenvalue weighted by Crippen LogP contribution is 2.30. The molecule has 0 unspecified atom stereocenters. The molecule has 0 atom stereocenters. The number of pyridine rings is 1. The van der Waals surface area contributed by atoms with E-state index in [2.05, 4.69) is 4.98 Å². The lowest BCUT2D eigenvalue weighted by Crippen LogP contribution is -2.12. The SMILES string of the molecule is CCOC(=O)c1c(C(=O)F)nc2ccccc2c1O. The first-order valence-electron chi connectivity index (χ1n) is 5.55. The number of fused-ring (bicyclic) bond motifs is 1. The summed E-state index contributed by atoms with van der Waals surface area (Å²) in [5.74, 6) is -1.50. The lowest BCUT2D eigenvalue weighted by atomic mass is 10.1. The van der Waals surface area contributed by atoms with Crippen molar-refractivity contribution >= 4 is 22.9 Å². The van der Waals surface area contributed by atoms with Crippen LogP contribution in [0.1, 0.15) is 27.8 Å². The number of carbonyl (C=O) groups is 2. The Morgan fingerprint density at radius 2 is 2.05 bits per heavy atom. The highest BCUT2D eigenvalue weighted by Gasteiger charge is 2.26. The molecule has 1 N–H and O–H groups in total. The second-order valence-electron chi connectivity index (χ2n) is 3.70. The van der Waals surface area contributed by atoms with Crippen molar-refractivity contribution in [3.8, 4) is 5.75 Å². The van der Waals surface area contributed by atoms with E-state index in [4.69, 9.17) is 4.74 Å². The smallest absolute Gasteiger partial charge is 0.351 e. The number of hydrogen-bond acceptors (Lipinski definition) is 5. The van der Waals surface area contributed by atoms with Gasteiger partial charge in [-0.25, -0.2) is 9.78 Å². The molecule has 2 rings (SSSR count). The third kappa shape index (κ3) is 2.24. The Morgan fingerprint density at radius 1 is 1.37 bits per heavy atom. The van der Waals surface area contributed by atoms with Crippen LogP contribution >= 0.6 is 0 Å². The molecule has 0 amide bonds. The van der Waals surface area contributed by atoms with E-state index in [0.29, 0.717) is 0 Å². The molecule has 0 spiro atoms. The predicted molar refractivity (Wildman–Crippen MR) is 64.8 cm³/mol. The number of halogens is 1. The van der Waals surface area contributed by atoms with Crippen molar-refractivity contribution in [2.45, 2.75) is 6.92 Å². The summed E-state index contributed by atoms with van der Waals surface area (Å²) in [4.78, 5) is 26.4. The van der Waals surface area contributed by atoms with Gasteiger partial charge in [-0.05, 0) is 19.1 Å². The average Bonchev–Trinajstić information content (AvgIpc) is 2.38. The Morgan fingerprint density at radius 3 is 2.68 bits per heavy atom. The average molecular weight is 263 g/mol. The summed E-state index contributed by atoms with van der Waals surface area (Å²) in [6, 6.07) is 4.34. The van der Waals surface area contributed by atoms with Crippen LogP contribution in [-0.2, 0) is 4.74 Å². The van der Waals surface area contributed by atoms with Gasteiger partial charge in [-0.1, -0.05) is 12.1 Å². The summed E-state index contributed by atoms with van der Waals surface area (Å²) < 4.78 is 17.7. The second kappa shape index (κ2) is 5.01. The molecule has 0 fully saturated rings. The molecule has 0 saturated heterocycles. The monoisotopic (exact) mass is 263 g/mol. The van der Waals surface area contributed by atoms with Gasteiger partial charge in [0.05, 0.1) is 12.1 Å². The minimum Gasteiger partial charge on any atom is -0.506 e. The fourth-order valence-corrected chi connectivity index (χ4v) is 1.73. The number of rotatable bonds is 3. The van der Waals surface area contributed by atoms with Crippen LogP contribution in [-0.4, -0.2) is 28.7 Å². The van der Waals surface area contributed by atoms with Gasteiger partial charge in [0.25, 0.3) is 0 Å². The lowest BCUT2D eigenvalue weighted by Gasteiger charge is -2.09. The summed E-state index contributed by atoms with van der Waals surface area (Å²) in [5, 5.41) is 10.3. The van der Waals surface area contributed by atoms with Gasteiger partial charge in [0.2, 0.25) is 0 Å². The van der Waals surface area contributed by atoms with Crippen LogP contribution in [0.4, 0.5) is 4.39 Å². The fraction of sp³-hybridized carbons (Fsp3) is 0.154. The van der Waals surface area contributed by atoms with E-state index in [-0.39, 0.29) is 17.5 Å². The Hall–Kier alpha value is -2.50. The summed E-state index contributed by atoms with van der Waals surface area (Å²) in [5.41, 5.74) is -1.07. The normalized spacial score (nSPS) is 10.4. The first-order valence-corrected chi connectivity index (χ1v) is 5.55. The molecule has 19 heavy (non-hydrogen) atoms. The number of esters is 1. The minimum atomic E-state index is -1.90. The molecule has 0 bridgehead atoms. The quantitative estimate of drug-likeness (QED) is 0.678. The maximum absolute atomic E-state index is 13.0. The topological polar surface area (TPSA) is 76.5 Å². The molecular weight excluding hydrogens is 253 g/mol. The van der Waals surface area contributed by atoms with E-state index >= 15 is 0 Å². The number of nitrogens with zero attached hydrogens (tertiary/aromatic N) is 1. The highest BCUT2D eigenvalue weighted by molar-refractivity contribution is 6.08. The van der Waals surface area contributed by atoms with E-state index < -0.39 is 29.0 Å². The van der Waals surface area contributed by atoms with Gasteiger partial charge in [-0.15, -0.1) is 0 Å². The van der Waals surface area contributed by atoms with Gasteiger partial charge in [-0.2, -0.15) is 4.39 Å². The number of carbonyl (C=O) groups excluding carboxylic acids is 2. The number of benzene rings is 1. The standard InChI is InChI=1S/C13H10FNO4/c1-2-19-13(18)9-10(12(14)17)15-8-6-4-3-5-7(8)11(9)16/h3-6H,2H2,1H3,(H,15,16). The van der Waals surface area contributed by atoms with E-state index in [1.807, 2.05) is 0 Å². The zero-order valence-corrected chi connectivity index (χ0v) is 10.0. The van der Waals surface area contributed by atoms with Gasteiger partial charge >= 0.3 is 12.0 Å². The third-order valence-corrected chi connectivity index (χ3v) is 2.53. The Bertz CT molecular complexity index is 669. The summed E-state index contributed by atoms with van der Waals surface area (Å²) in [6.07, 6.45) is 0. The molecule has 6 heteroatoms. The van der Waals surface area contributed by atoms with Crippen molar-refractivity contribution in [1.29, 1.82) is 0 Å². The van der Waals surface area contributed by atoms with Crippen molar-refractivity contribution in [3.05, 3.63) is 35.5 Å². The number of ether oxygens (including phenoxy) is 1. The van der Waals surface area contributed by atoms with Gasteiger partial charge in [0.15, 0.2) is 5.69 Å². The van der Waals surface area contributed by atoms with Crippen LogP contribution in [0.15, 0.2) is 24.3 Å². The molecule has 0 aliphatic heterocycles. The zero-order chi connectivity index (χ0) is 14.0. The Kier molecular flexibility index (Phi) is 3.41. The minimum absolute atomic E-state index is 0.0328. The molecule has 1 aromatic heterocycles. The molecule has 0 saturated carbocycles. The second-order valence-corrected chi connectivity index (χ2v) is 3.70. The number of hydrogen-bond donors (Lipinski definition) is 1. The summed E-state index contributed by atoms with van der Waals surface area (Å²) >= 11 is 0. The highest BCUT2D eigenvalue weighted by atomic mass is 19.1. The fourth-order valence-electron chi connectivity index (χ4n) is 1.73. The largest absolute Gasteiger partial charge is 0.506 e. The molecule has 0 aliphatic rings. The first kappa shape index (κ1) is 12.9. The first-order chi connectivity index (χ1) is 9.06. The molecule has 2 aromatic rings. The van der Waals surface area contributed by atoms with E-state index in [1.165, 1.54) is 12.1 Å². The zero-order valence-electron chi connectivity index (χ0n) is 10.0. The van der Waals surface area contributed by atoms with Gasteiger partial charge in [-0.3, -0.25) is 4.79 Å². The van der Waals surface area contributed by atoms with Crippen LogP contribution in [0.2, 0.25) is 0 Å². The van der Waals surface area contributed by atoms with Crippen LogP contribution in [0.5, 0.6) is 5.75 Å². The van der Waals surface area contributed by atoms with Crippen molar-refractivity contribution in [2.75, 3.05) is 6.61 Å². The number of para-hydroxylation sites is 1. The summed E-state index contributed by atoms with van der Waals surface area (Å²) in [6.45, 7) is 1.59. The molecular formula is C13H10FNO4. The third-order valence-electron chi connectivity index (χ3n) is 2.53. The van der Waals surface area contributed by atoms with Gasteiger partial charge in [0.1, 0.15) is 11.3 Å². The maximum atomic E-state index is 13.0. The predicted octanol–water partition coefficient (Wildman–Crippen LogP) is 2.23. The van der Waals surface area contributed by atoms with Crippen molar-refractivity contribution < 1.29 is 23.8 Å². The van der Waals surface area contributed by atoms with Crippen molar-refractivity contribution in [1.82, 2.24) is 4.98 Å². The number of aromatic hydroxyl groups is 1. The Balaban J connectivity index is 2.78. The molecule has 1 heterocycles. The van der Waals surface area contributed by atoms with Crippen LogP contribution in [0.25, 0.3) is 10.9 Å². The van der Waals surface area contributed by atoms with Gasteiger partial charge < -0.3 is 9.84 Å². The molecule has 98 valence electrons. The molecule has 5 nitrogen and oxygen atoms in total. The lowest BCUT2D eigenvalue weighted by molar-refractivity contribution is 0.0516. The maximum Gasteiger partial charge on any atom is 0.351 e. The van der Waals surface area contributed by atoms with Crippen molar-refractivity contribution in [2.24, 2.45) is 0 Å². The van der Waals surface area contributed by atoms with Crippen LogP contribution < -0.4 is 0 Å². The van der Waals surface area contributed by atoms with E-state index in [1.54, 1.807) is 19.1 Å². The molecule has 0 radical (unpaired) electrons. The van der Waals surface area contributed by atoms with Crippen LogP contribution in [0.3, 0.4) is 0 Å². The van der Waals surface area contributed by atoms with E-state index in [9.17, 15) is 19.1 Å². The van der Waals surface area contributed by atoms with Crippen LogP contribution in [0, 0.1) is 0 Å². The van der Waals surface area contributed by atoms with E-state index in [0.717, 1.165) is 0 Å². The van der Waals surface area contributed by atoms with Crippen molar-refractivity contribution in [3.63, 3.8) is 0 Å². The molecule has 0 aliphatic carbocycles. The summed E-state index contributed by atoms with van der Waals surface area (Å²) in [7, 11) is 0. The van der Waals surface area contributed by atoms with Gasteiger partial charge in [0, 0.05) is 5.39 Å². The Labute approximate surface area is 107 Å². The number of aromatic nitrogens is 1. The molecule has 1 aromatic carbocycles.